The molecular formula is C22H28F6O6. The van der Waals surface area contributed by atoms with Crippen molar-refractivity contribution in [1.29, 1.82) is 0 Å². The topological polar surface area (TPSA) is 82.1 Å². The van der Waals surface area contributed by atoms with Gasteiger partial charge in [0.25, 0.3) is 5.60 Å². The molecule has 3 rings (SSSR count). The zero-order chi connectivity index (χ0) is 25.9. The van der Waals surface area contributed by atoms with Gasteiger partial charge in [-0.2, -0.15) is 26.3 Å². The van der Waals surface area contributed by atoms with E-state index in [1.54, 1.807) is 0 Å². The first-order chi connectivity index (χ1) is 15.4. The van der Waals surface area contributed by atoms with Crippen LogP contribution in [0.25, 0.3) is 0 Å². The number of halogens is 6. The van der Waals surface area contributed by atoms with E-state index in [-0.39, 0.29) is 31.3 Å². The lowest BCUT2D eigenvalue weighted by Gasteiger charge is -2.51. The summed E-state index contributed by atoms with van der Waals surface area (Å²) in [5, 5.41) is 10.1. The molecule has 4 atom stereocenters. The third kappa shape index (κ3) is 4.20. The van der Waals surface area contributed by atoms with E-state index in [9.17, 15) is 41.0 Å². The second-order valence-corrected chi connectivity index (χ2v) is 9.97. The minimum atomic E-state index is -6.09. The molecule has 0 aromatic heterocycles. The molecule has 2 bridgehead atoms. The number of carbonyl (C=O) groups excluding carboxylic acids is 2. The van der Waals surface area contributed by atoms with Crippen LogP contribution in [-0.2, 0) is 23.8 Å². The number of esters is 2. The van der Waals surface area contributed by atoms with Crippen molar-refractivity contribution in [3.8, 4) is 0 Å². The summed E-state index contributed by atoms with van der Waals surface area (Å²) in [4.78, 5) is 24.6. The van der Waals surface area contributed by atoms with E-state index in [1.807, 2.05) is 0 Å². The van der Waals surface area contributed by atoms with Gasteiger partial charge in [-0.3, -0.25) is 4.79 Å². The lowest BCUT2D eigenvalue weighted by Crippen LogP contribution is -2.71. The van der Waals surface area contributed by atoms with Gasteiger partial charge in [0.2, 0.25) is 0 Å². The van der Waals surface area contributed by atoms with E-state index in [0.717, 1.165) is 0 Å². The van der Waals surface area contributed by atoms with E-state index < -0.39 is 65.1 Å². The largest absolute Gasteiger partial charge is 0.458 e. The number of ether oxygens (including phenoxy) is 3. The van der Waals surface area contributed by atoms with Gasteiger partial charge in [0.15, 0.2) is 0 Å². The van der Waals surface area contributed by atoms with Crippen molar-refractivity contribution in [2.24, 2.45) is 11.8 Å². The quantitative estimate of drug-likeness (QED) is 0.330. The highest BCUT2D eigenvalue weighted by atomic mass is 19.4. The number of hydrogen-bond acceptors (Lipinski definition) is 6. The minimum absolute atomic E-state index is 0.0490. The third-order valence-corrected chi connectivity index (χ3v) is 7.33. The van der Waals surface area contributed by atoms with Gasteiger partial charge in [0.1, 0.15) is 17.8 Å². The number of hydrogen-bond donors (Lipinski definition) is 1. The standard InChI is InChI=1S/C22H28F6O6/c1-11(2)16(29)32-15-10-13(12-9-14(15)33-17(12)30)19(7-5-6-8-19)34-18(3,4)20(31,21(23,24)25)22(26,27)28/h12-15,31H,1,5-10H2,2-4H3. The zero-order valence-electron chi connectivity index (χ0n) is 19.0. The number of rotatable bonds is 6. The van der Waals surface area contributed by atoms with E-state index in [0.29, 0.717) is 26.7 Å². The van der Waals surface area contributed by atoms with Crippen LogP contribution >= 0.6 is 0 Å². The lowest BCUT2D eigenvalue weighted by atomic mass is 9.68. The highest BCUT2D eigenvalue weighted by Crippen LogP contribution is 2.57. The maximum atomic E-state index is 13.6. The average Bonchev–Trinajstić information content (AvgIpc) is 3.26. The summed E-state index contributed by atoms with van der Waals surface area (Å²) in [5.74, 6) is -3.15. The van der Waals surface area contributed by atoms with Crippen LogP contribution < -0.4 is 0 Å². The van der Waals surface area contributed by atoms with Crippen LogP contribution in [0.4, 0.5) is 26.3 Å². The third-order valence-electron chi connectivity index (χ3n) is 7.33. The summed E-state index contributed by atoms with van der Waals surface area (Å²) < 4.78 is 98.2. The van der Waals surface area contributed by atoms with Gasteiger partial charge in [-0.15, -0.1) is 0 Å². The molecule has 1 N–H and O–H groups in total. The molecule has 2 aliphatic carbocycles. The first kappa shape index (κ1) is 26.8. The van der Waals surface area contributed by atoms with Crippen LogP contribution in [0.3, 0.4) is 0 Å². The predicted octanol–water partition coefficient (Wildman–Crippen LogP) is 4.39. The normalized spacial score (nSPS) is 29.6. The minimum Gasteiger partial charge on any atom is -0.458 e. The SMILES string of the molecule is C=C(C)C(=O)OC1CC(C2(OC(C)(C)C(O)(C(F)(F)F)C(F)(F)F)CCCC2)C2CC1OC2=O. The Morgan fingerprint density at radius 2 is 1.62 bits per heavy atom. The molecule has 0 radical (unpaired) electrons. The summed E-state index contributed by atoms with van der Waals surface area (Å²) in [6, 6.07) is 0. The molecule has 194 valence electrons. The molecule has 4 unspecified atom stereocenters. The second-order valence-electron chi connectivity index (χ2n) is 9.97. The van der Waals surface area contributed by atoms with Crippen molar-refractivity contribution < 1.29 is 55.2 Å². The van der Waals surface area contributed by atoms with Gasteiger partial charge in [0.05, 0.1) is 11.5 Å². The van der Waals surface area contributed by atoms with Gasteiger partial charge in [-0.1, -0.05) is 19.4 Å². The van der Waals surface area contributed by atoms with Gasteiger partial charge >= 0.3 is 24.3 Å². The van der Waals surface area contributed by atoms with E-state index in [2.05, 4.69) is 6.58 Å². The molecule has 3 fully saturated rings. The van der Waals surface area contributed by atoms with Crippen molar-refractivity contribution >= 4 is 11.9 Å². The van der Waals surface area contributed by atoms with Crippen molar-refractivity contribution in [1.82, 2.24) is 0 Å². The summed E-state index contributed by atoms with van der Waals surface area (Å²) in [6.45, 7) is 5.98. The van der Waals surface area contributed by atoms with E-state index >= 15 is 0 Å². The van der Waals surface area contributed by atoms with Crippen molar-refractivity contribution in [3.63, 3.8) is 0 Å². The molecular weight excluding hydrogens is 474 g/mol. The fourth-order valence-corrected chi connectivity index (χ4v) is 5.64. The second kappa shape index (κ2) is 8.39. The molecule has 34 heavy (non-hydrogen) atoms. The Balaban J connectivity index is 2.00. The highest BCUT2D eigenvalue weighted by molar-refractivity contribution is 5.87. The predicted molar refractivity (Wildman–Crippen MR) is 104 cm³/mol. The Morgan fingerprint density at radius 3 is 2.09 bits per heavy atom. The molecule has 3 aliphatic rings. The average molecular weight is 502 g/mol. The fourth-order valence-electron chi connectivity index (χ4n) is 5.64. The van der Waals surface area contributed by atoms with Gasteiger partial charge < -0.3 is 19.3 Å². The smallest absolute Gasteiger partial charge is 0.429 e. The molecule has 0 spiro atoms. The van der Waals surface area contributed by atoms with Crippen LogP contribution in [0.2, 0.25) is 0 Å². The van der Waals surface area contributed by atoms with E-state index in [4.69, 9.17) is 14.2 Å². The highest BCUT2D eigenvalue weighted by Gasteiger charge is 2.78. The van der Waals surface area contributed by atoms with E-state index in [1.165, 1.54) is 6.92 Å². The number of aliphatic hydroxyl groups is 1. The van der Waals surface area contributed by atoms with Crippen LogP contribution in [0.1, 0.15) is 59.3 Å². The summed E-state index contributed by atoms with van der Waals surface area (Å²) in [5.41, 5.74) is -9.84. The van der Waals surface area contributed by atoms with Gasteiger partial charge in [0, 0.05) is 17.9 Å². The van der Waals surface area contributed by atoms with Crippen LogP contribution in [0.15, 0.2) is 12.2 Å². The number of alkyl halides is 6. The molecule has 1 aliphatic heterocycles. The Bertz CT molecular complexity index is 828. The maximum absolute atomic E-state index is 13.6. The summed E-state index contributed by atoms with van der Waals surface area (Å²) >= 11 is 0. The first-order valence-electron chi connectivity index (χ1n) is 11.0. The van der Waals surface area contributed by atoms with Crippen molar-refractivity contribution in [2.45, 2.75) is 101 Å². The Labute approximate surface area is 192 Å². The molecule has 0 aromatic rings. The number of fused-ring (bicyclic) bond motifs is 2. The molecule has 0 aromatic carbocycles. The Kier molecular flexibility index (Phi) is 6.61. The maximum Gasteiger partial charge on any atom is 0.429 e. The Hall–Kier alpha value is -1.82. The molecule has 1 heterocycles. The van der Waals surface area contributed by atoms with Crippen LogP contribution in [-0.4, -0.2) is 58.4 Å². The number of carbonyl (C=O) groups is 2. The van der Waals surface area contributed by atoms with Crippen molar-refractivity contribution in [2.75, 3.05) is 0 Å². The van der Waals surface area contributed by atoms with Crippen LogP contribution in [0.5, 0.6) is 0 Å². The van der Waals surface area contributed by atoms with Crippen molar-refractivity contribution in [3.05, 3.63) is 12.2 Å². The molecule has 1 saturated heterocycles. The molecule has 2 saturated carbocycles. The monoisotopic (exact) mass is 502 g/mol. The lowest BCUT2D eigenvalue weighted by molar-refractivity contribution is -0.423. The van der Waals surface area contributed by atoms with Crippen LogP contribution in [0, 0.1) is 11.8 Å². The van der Waals surface area contributed by atoms with Gasteiger partial charge in [-0.05, 0) is 40.0 Å². The Morgan fingerprint density at radius 1 is 1.09 bits per heavy atom. The molecule has 6 nitrogen and oxygen atoms in total. The fraction of sp³-hybridized carbons (Fsp3) is 0.818. The first-order valence-corrected chi connectivity index (χ1v) is 11.0. The summed E-state index contributed by atoms with van der Waals surface area (Å²) in [7, 11) is 0. The summed E-state index contributed by atoms with van der Waals surface area (Å²) in [6.07, 6.45) is -12.8. The molecule has 0 amide bonds. The van der Waals surface area contributed by atoms with Gasteiger partial charge in [-0.25, -0.2) is 4.79 Å². The zero-order valence-corrected chi connectivity index (χ0v) is 19.0. The molecule has 12 heteroatoms.